The van der Waals surface area contributed by atoms with E-state index in [2.05, 4.69) is 5.32 Å². The van der Waals surface area contributed by atoms with E-state index < -0.39 is 0 Å². The summed E-state index contributed by atoms with van der Waals surface area (Å²) in [5, 5.41) is 3.74. The van der Waals surface area contributed by atoms with Crippen molar-refractivity contribution in [2.24, 2.45) is 5.92 Å². The summed E-state index contributed by atoms with van der Waals surface area (Å²) in [7, 11) is 1.54. The molecule has 0 bridgehead atoms. The fourth-order valence-electron chi connectivity index (χ4n) is 3.20. The van der Waals surface area contributed by atoms with Crippen LogP contribution in [0.3, 0.4) is 0 Å². The zero-order chi connectivity index (χ0) is 20.4. The van der Waals surface area contributed by atoms with Gasteiger partial charge < -0.3 is 10.1 Å². The van der Waals surface area contributed by atoms with E-state index in [0.29, 0.717) is 34.1 Å². The van der Waals surface area contributed by atoms with Crippen molar-refractivity contribution >= 4 is 34.7 Å². The van der Waals surface area contributed by atoms with Crippen LogP contribution < -0.4 is 10.1 Å². The van der Waals surface area contributed by atoms with E-state index in [1.165, 1.54) is 4.90 Å². The Balaban J connectivity index is 2.15. The Morgan fingerprint density at radius 3 is 2.46 bits per heavy atom. The molecule has 0 atom stereocenters. The maximum Gasteiger partial charge on any atom is 0.278 e. The largest absolute Gasteiger partial charge is 0.496 e. The van der Waals surface area contributed by atoms with Crippen molar-refractivity contribution in [2.45, 2.75) is 20.8 Å². The summed E-state index contributed by atoms with van der Waals surface area (Å²) < 4.78 is 5.43. The quantitative estimate of drug-likeness (QED) is 0.727. The minimum absolute atomic E-state index is 0.152. The fourth-order valence-corrected chi connectivity index (χ4v) is 3.38. The van der Waals surface area contributed by atoms with Gasteiger partial charge in [0.1, 0.15) is 11.4 Å². The summed E-state index contributed by atoms with van der Waals surface area (Å²) in [6.07, 6.45) is 0. The van der Waals surface area contributed by atoms with Crippen LogP contribution in [0.1, 0.15) is 25.0 Å². The highest BCUT2D eigenvalue weighted by Gasteiger charge is 2.40. The first kappa shape index (κ1) is 20.0. The molecule has 0 aliphatic carbocycles. The van der Waals surface area contributed by atoms with Crippen LogP contribution >= 0.6 is 11.6 Å². The molecule has 0 fully saturated rings. The number of imide groups is 1. The molecule has 0 saturated carbocycles. The van der Waals surface area contributed by atoms with Crippen molar-refractivity contribution in [3.8, 4) is 5.75 Å². The number of methoxy groups -OCH3 is 1. The first-order valence-electron chi connectivity index (χ1n) is 9.11. The SMILES string of the molecule is COc1ccccc1C1=C(Nc2cccc(Cl)c2C)C(=O)N(CC(C)C)C1=O. The van der Waals surface area contributed by atoms with Crippen molar-refractivity contribution in [3.63, 3.8) is 0 Å². The van der Waals surface area contributed by atoms with Crippen molar-refractivity contribution in [1.29, 1.82) is 0 Å². The minimum atomic E-state index is -0.348. The lowest BCUT2D eigenvalue weighted by molar-refractivity contribution is -0.137. The van der Waals surface area contributed by atoms with E-state index in [-0.39, 0.29) is 23.4 Å². The maximum atomic E-state index is 13.2. The number of nitrogens with zero attached hydrogens (tertiary/aromatic N) is 1. The number of rotatable bonds is 6. The summed E-state index contributed by atoms with van der Waals surface area (Å²) in [5.41, 5.74) is 2.61. The molecule has 0 aromatic heterocycles. The highest BCUT2D eigenvalue weighted by Crippen LogP contribution is 2.36. The molecule has 6 heteroatoms. The van der Waals surface area contributed by atoms with E-state index in [4.69, 9.17) is 16.3 Å². The third-order valence-electron chi connectivity index (χ3n) is 4.62. The summed E-state index contributed by atoms with van der Waals surface area (Å²) in [4.78, 5) is 27.6. The number of hydrogen-bond donors (Lipinski definition) is 1. The Morgan fingerprint density at radius 1 is 1.07 bits per heavy atom. The summed E-state index contributed by atoms with van der Waals surface area (Å²) in [5.74, 6) is 0.00982. The van der Waals surface area contributed by atoms with Crippen LogP contribution in [0.2, 0.25) is 5.02 Å². The molecule has 146 valence electrons. The molecule has 1 N–H and O–H groups in total. The molecule has 2 aromatic rings. The molecule has 0 unspecified atom stereocenters. The van der Waals surface area contributed by atoms with Crippen LogP contribution in [-0.2, 0) is 9.59 Å². The van der Waals surface area contributed by atoms with Gasteiger partial charge in [0.15, 0.2) is 0 Å². The second-order valence-electron chi connectivity index (χ2n) is 7.10. The average Bonchev–Trinajstić information content (AvgIpc) is 2.89. The zero-order valence-electron chi connectivity index (χ0n) is 16.4. The molecule has 5 nitrogen and oxygen atoms in total. The molecule has 1 aliphatic rings. The third-order valence-corrected chi connectivity index (χ3v) is 5.03. The van der Waals surface area contributed by atoms with Gasteiger partial charge in [-0.05, 0) is 36.6 Å². The van der Waals surface area contributed by atoms with Crippen LogP contribution in [0, 0.1) is 12.8 Å². The van der Waals surface area contributed by atoms with Gasteiger partial charge in [-0.2, -0.15) is 0 Å². The molecule has 0 radical (unpaired) electrons. The Morgan fingerprint density at radius 2 is 1.79 bits per heavy atom. The van der Waals surface area contributed by atoms with Crippen LogP contribution in [0.4, 0.5) is 5.69 Å². The molecule has 2 aromatic carbocycles. The highest BCUT2D eigenvalue weighted by molar-refractivity contribution is 6.37. The summed E-state index contributed by atoms with van der Waals surface area (Å²) in [6.45, 7) is 6.14. The number of halogens is 1. The number of carbonyl (C=O) groups is 2. The molecular weight excluding hydrogens is 376 g/mol. The van der Waals surface area contributed by atoms with E-state index >= 15 is 0 Å². The van der Waals surface area contributed by atoms with Gasteiger partial charge in [-0.15, -0.1) is 0 Å². The van der Waals surface area contributed by atoms with E-state index in [9.17, 15) is 9.59 Å². The molecule has 1 heterocycles. The third kappa shape index (κ3) is 3.62. The number of nitrogens with one attached hydrogen (secondary N) is 1. The van der Waals surface area contributed by atoms with Crippen LogP contribution in [0.5, 0.6) is 5.75 Å². The average molecular weight is 399 g/mol. The van der Waals surface area contributed by atoms with Gasteiger partial charge in [0.05, 0.1) is 12.7 Å². The molecular formula is C22H23ClN2O3. The molecule has 3 rings (SSSR count). The number of amides is 2. The second-order valence-corrected chi connectivity index (χ2v) is 7.51. The van der Waals surface area contributed by atoms with Gasteiger partial charge in [0.25, 0.3) is 11.8 Å². The smallest absolute Gasteiger partial charge is 0.278 e. The lowest BCUT2D eigenvalue weighted by Crippen LogP contribution is -2.35. The van der Waals surface area contributed by atoms with Crippen molar-refractivity contribution in [3.05, 3.63) is 64.3 Å². The van der Waals surface area contributed by atoms with Gasteiger partial charge in [-0.25, -0.2) is 0 Å². The lowest BCUT2D eigenvalue weighted by Gasteiger charge is -2.18. The first-order valence-corrected chi connectivity index (χ1v) is 9.49. The topological polar surface area (TPSA) is 58.6 Å². The molecule has 1 aliphatic heterocycles. The molecule has 28 heavy (non-hydrogen) atoms. The van der Waals surface area contributed by atoms with Gasteiger partial charge in [-0.1, -0.05) is 49.7 Å². The standard InChI is InChI=1S/C22H23ClN2O3/c1-13(2)12-25-21(26)19(15-8-5-6-11-18(15)28-4)20(22(25)27)24-17-10-7-9-16(23)14(17)3/h5-11,13,24H,12H2,1-4H3. The summed E-state index contributed by atoms with van der Waals surface area (Å²) in [6, 6.07) is 12.6. The Hall–Kier alpha value is -2.79. The Kier molecular flexibility index (Phi) is 5.75. The number of carbonyl (C=O) groups excluding carboxylic acids is 2. The lowest BCUT2D eigenvalue weighted by atomic mass is 10.0. The molecule has 0 saturated heterocycles. The van der Waals surface area contributed by atoms with Gasteiger partial charge in [0, 0.05) is 22.8 Å². The fraction of sp³-hybridized carbons (Fsp3) is 0.273. The molecule has 2 amide bonds. The Labute approximate surface area is 169 Å². The minimum Gasteiger partial charge on any atom is -0.496 e. The van der Waals surface area contributed by atoms with Gasteiger partial charge in [-0.3, -0.25) is 14.5 Å². The number of para-hydroxylation sites is 1. The monoisotopic (exact) mass is 398 g/mol. The van der Waals surface area contributed by atoms with Crippen molar-refractivity contribution < 1.29 is 14.3 Å². The first-order chi connectivity index (χ1) is 13.3. The zero-order valence-corrected chi connectivity index (χ0v) is 17.1. The maximum absolute atomic E-state index is 13.2. The van der Waals surface area contributed by atoms with Crippen LogP contribution in [-0.4, -0.2) is 30.4 Å². The van der Waals surface area contributed by atoms with Crippen LogP contribution in [0.15, 0.2) is 48.2 Å². The predicted octanol–water partition coefficient (Wildman–Crippen LogP) is 4.51. The number of benzene rings is 2. The normalized spacial score (nSPS) is 14.3. The van der Waals surface area contributed by atoms with Crippen molar-refractivity contribution in [1.82, 2.24) is 4.90 Å². The van der Waals surface area contributed by atoms with Gasteiger partial charge in [0.2, 0.25) is 0 Å². The number of anilines is 1. The second kappa shape index (κ2) is 8.07. The number of ether oxygens (including phenoxy) is 1. The van der Waals surface area contributed by atoms with E-state index in [1.807, 2.05) is 39.0 Å². The van der Waals surface area contributed by atoms with Gasteiger partial charge >= 0.3 is 0 Å². The highest BCUT2D eigenvalue weighted by atomic mass is 35.5. The Bertz CT molecular complexity index is 966. The van der Waals surface area contributed by atoms with E-state index in [1.54, 1.807) is 31.4 Å². The summed E-state index contributed by atoms with van der Waals surface area (Å²) >= 11 is 6.22. The number of hydrogen-bond acceptors (Lipinski definition) is 4. The van der Waals surface area contributed by atoms with Crippen molar-refractivity contribution in [2.75, 3.05) is 19.0 Å². The molecule has 0 spiro atoms. The predicted molar refractivity (Wildman–Crippen MR) is 111 cm³/mol. The van der Waals surface area contributed by atoms with Crippen LogP contribution in [0.25, 0.3) is 5.57 Å². The van der Waals surface area contributed by atoms with E-state index in [0.717, 1.165) is 5.56 Å².